The number of aromatic nitrogens is 1. The number of carbonyl (C=O) groups excluding carboxylic acids is 1. The van der Waals surface area contributed by atoms with E-state index in [2.05, 4.69) is 4.98 Å². The van der Waals surface area contributed by atoms with E-state index < -0.39 is 0 Å². The molecule has 1 amide bonds. The number of halogens is 2. The lowest BCUT2D eigenvalue weighted by molar-refractivity contribution is 0.0752. The first-order chi connectivity index (χ1) is 9.61. The number of carbonyl (C=O) groups is 1. The van der Waals surface area contributed by atoms with Crippen molar-refractivity contribution in [1.29, 1.82) is 0 Å². The Morgan fingerprint density at radius 2 is 2.05 bits per heavy atom. The van der Waals surface area contributed by atoms with Crippen molar-refractivity contribution in [3.63, 3.8) is 0 Å². The average molecular weight is 309 g/mol. The molecule has 0 radical (unpaired) electrons. The second-order valence-corrected chi connectivity index (χ2v) is 5.09. The van der Waals surface area contributed by atoms with Gasteiger partial charge in [-0.05, 0) is 36.8 Å². The van der Waals surface area contributed by atoms with Crippen LogP contribution in [0.1, 0.15) is 22.8 Å². The van der Waals surface area contributed by atoms with Gasteiger partial charge in [0.1, 0.15) is 5.15 Å². The van der Waals surface area contributed by atoms with E-state index in [1.807, 2.05) is 25.1 Å². The van der Waals surface area contributed by atoms with E-state index in [1.54, 1.807) is 29.3 Å². The summed E-state index contributed by atoms with van der Waals surface area (Å²) in [5, 5.41) is 0.882. The average Bonchev–Trinajstić information content (AvgIpc) is 2.44. The van der Waals surface area contributed by atoms with Crippen molar-refractivity contribution in [2.24, 2.45) is 0 Å². The fourth-order valence-corrected chi connectivity index (χ4v) is 2.31. The minimum absolute atomic E-state index is 0.134. The van der Waals surface area contributed by atoms with Crippen LogP contribution in [0.15, 0.2) is 42.6 Å². The fraction of sp³-hybridized carbons (Fsp3) is 0.200. The smallest absolute Gasteiger partial charge is 0.257 e. The summed E-state index contributed by atoms with van der Waals surface area (Å²) in [6.07, 6.45) is 1.56. The summed E-state index contributed by atoms with van der Waals surface area (Å²) in [7, 11) is 0. The number of nitrogens with zero attached hydrogens (tertiary/aromatic N) is 2. The molecule has 0 atom stereocenters. The summed E-state index contributed by atoms with van der Waals surface area (Å²) in [6.45, 7) is 2.99. The van der Waals surface area contributed by atoms with Gasteiger partial charge in [-0.2, -0.15) is 0 Å². The SMILES string of the molecule is CCN(Cc1cccc(Cl)c1)C(=O)c1cccnc1Cl. The summed E-state index contributed by atoms with van der Waals surface area (Å²) >= 11 is 11.9. The second-order valence-electron chi connectivity index (χ2n) is 4.29. The maximum atomic E-state index is 12.5. The minimum Gasteiger partial charge on any atom is -0.335 e. The van der Waals surface area contributed by atoms with Crippen molar-refractivity contribution in [2.45, 2.75) is 13.5 Å². The third-order valence-electron chi connectivity index (χ3n) is 2.92. The van der Waals surface area contributed by atoms with Crippen LogP contribution >= 0.6 is 23.2 Å². The third kappa shape index (κ3) is 3.50. The Kier molecular flexibility index (Phi) is 4.99. The topological polar surface area (TPSA) is 33.2 Å². The molecule has 0 bridgehead atoms. The summed E-state index contributed by atoms with van der Waals surface area (Å²) in [6, 6.07) is 10.8. The van der Waals surface area contributed by atoms with Gasteiger partial charge in [-0.15, -0.1) is 0 Å². The largest absolute Gasteiger partial charge is 0.335 e. The predicted octanol–water partition coefficient (Wildman–Crippen LogP) is 4.05. The molecule has 0 saturated carbocycles. The molecule has 0 unspecified atom stereocenters. The van der Waals surface area contributed by atoms with Crippen LogP contribution in [0.2, 0.25) is 10.2 Å². The van der Waals surface area contributed by atoms with E-state index in [0.717, 1.165) is 5.56 Å². The first-order valence-electron chi connectivity index (χ1n) is 6.26. The van der Waals surface area contributed by atoms with Gasteiger partial charge in [0.15, 0.2) is 0 Å². The molecule has 1 aromatic heterocycles. The summed E-state index contributed by atoms with van der Waals surface area (Å²) in [4.78, 5) is 18.1. The van der Waals surface area contributed by atoms with E-state index in [0.29, 0.717) is 23.7 Å². The summed E-state index contributed by atoms with van der Waals surface area (Å²) in [5.74, 6) is -0.134. The quantitative estimate of drug-likeness (QED) is 0.798. The van der Waals surface area contributed by atoms with Crippen molar-refractivity contribution < 1.29 is 4.79 Å². The molecule has 0 spiro atoms. The number of pyridine rings is 1. The zero-order valence-electron chi connectivity index (χ0n) is 11.0. The number of hydrogen-bond acceptors (Lipinski definition) is 2. The molecule has 0 aliphatic carbocycles. The molecule has 2 rings (SSSR count). The van der Waals surface area contributed by atoms with Gasteiger partial charge >= 0.3 is 0 Å². The molecule has 2 aromatic rings. The van der Waals surface area contributed by atoms with Crippen molar-refractivity contribution in [1.82, 2.24) is 9.88 Å². The maximum Gasteiger partial charge on any atom is 0.257 e. The summed E-state index contributed by atoms with van der Waals surface area (Å²) < 4.78 is 0. The first-order valence-corrected chi connectivity index (χ1v) is 7.01. The van der Waals surface area contributed by atoms with Crippen LogP contribution < -0.4 is 0 Å². The van der Waals surface area contributed by atoms with Crippen LogP contribution in [0.5, 0.6) is 0 Å². The van der Waals surface area contributed by atoms with E-state index >= 15 is 0 Å². The molecule has 1 heterocycles. The molecule has 0 aliphatic rings. The zero-order valence-corrected chi connectivity index (χ0v) is 12.5. The maximum absolute atomic E-state index is 12.5. The van der Waals surface area contributed by atoms with Crippen molar-refractivity contribution in [3.8, 4) is 0 Å². The van der Waals surface area contributed by atoms with Crippen LogP contribution in [-0.2, 0) is 6.54 Å². The van der Waals surface area contributed by atoms with Crippen molar-refractivity contribution in [2.75, 3.05) is 6.54 Å². The van der Waals surface area contributed by atoms with Gasteiger partial charge in [0.2, 0.25) is 0 Å². The Morgan fingerprint density at radius 3 is 2.70 bits per heavy atom. The third-order valence-corrected chi connectivity index (χ3v) is 3.46. The monoisotopic (exact) mass is 308 g/mol. The molecule has 104 valence electrons. The van der Waals surface area contributed by atoms with E-state index in [4.69, 9.17) is 23.2 Å². The van der Waals surface area contributed by atoms with Crippen LogP contribution in [-0.4, -0.2) is 22.3 Å². The molecule has 1 aromatic carbocycles. The number of amides is 1. The molecule has 3 nitrogen and oxygen atoms in total. The van der Waals surface area contributed by atoms with Crippen LogP contribution in [0.4, 0.5) is 0 Å². The Hall–Kier alpha value is -1.58. The normalized spacial score (nSPS) is 10.3. The Labute approximate surface area is 128 Å². The zero-order chi connectivity index (χ0) is 14.5. The highest BCUT2D eigenvalue weighted by atomic mass is 35.5. The minimum atomic E-state index is -0.134. The predicted molar refractivity (Wildman–Crippen MR) is 81.1 cm³/mol. The number of benzene rings is 1. The Balaban J connectivity index is 2.20. The Bertz CT molecular complexity index is 616. The lowest BCUT2D eigenvalue weighted by Crippen LogP contribution is -2.30. The van der Waals surface area contributed by atoms with Gasteiger partial charge in [-0.3, -0.25) is 4.79 Å². The second kappa shape index (κ2) is 6.73. The van der Waals surface area contributed by atoms with Crippen molar-refractivity contribution >= 4 is 29.1 Å². The number of rotatable bonds is 4. The first kappa shape index (κ1) is 14.8. The number of hydrogen-bond donors (Lipinski definition) is 0. The molecular formula is C15H14Cl2N2O. The van der Waals surface area contributed by atoms with Crippen molar-refractivity contribution in [3.05, 3.63) is 63.9 Å². The van der Waals surface area contributed by atoms with E-state index in [-0.39, 0.29) is 11.1 Å². The molecule has 0 aliphatic heterocycles. The fourth-order valence-electron chi connectivity index (χ4n) is 1.90. The lowest BCUT2D eigenvalue weighted by atomic mass is 10.2. The van der Waals surface area contributed by atoms with E-state index in [1.165, 1.54) is 0 Å². The van der Waals surface area contributed by atoms with Gasteiger partial charge < -0.3 is 4.90 Å². The van der Waals surface area contributed by atoms with Gasteiger partial charge in [0, 0.05) is 24.3 Å². The highest BCUT2D eigenvalue weighted by Gasteiger charge is 2.17. The van der Waals surface area contributed by atoms with Gasteiger partial charge in [-0.25, -0.2) is 4.98 Å². The highest BCUT2D eigenvalue weighted by molar-refractivity contribution is 6.32. The Morgan fingerprint density at radius 1 is 1.25 bits per heavy atom. The molecule has 0 saturated heterocycles. The molecule has 0 N–H and O–H groups in total. The molecule has 20 heavy (non-hydrogen) atoms. The summed E-state index contributed by atoms with van der Waals surface area (Å²) in [5.41, 5.74) is 1.39. The highest BCUT2D eigenvalue weighted by Crippen LogP contribution is 2.17. The van der Waals surface area contributed by atoms with Crippen LogP contribution in [0.25, 0.3) is 0 Å². The standard InChI is InChI=1S/C15H14Cl2N2O/c1-2-19(10-11-5-3-6-12(16)9-11)15(20)13-7-4-8-18-14(13)17/h3-9H,2,10H2,1H3. The van der Waals surface area contributed by atoms with Gasteiger partial charge in [0.25, 0.3) is 5.91 Å². The van der Waals surface area contributed by atoms with Crippen LogP contribution in [0, 0.1) is 0 Å². The molecular weight excluding hydrogens is 295 g/mol. The lowest BCUT2D eigenvalue weighted by Gasteiger charge is -2.21. The van der Waals surface area contributed by atoms with Gasteiger partial charge in [-0.1, -0.05) is 35.3 Å². The van der Waals surface area contributed by atoms with Gasteiger partial charge in [0.05, 0.1) is 5.56 Å². The van der Waals surface area contributed by atoms with E-state index in [9.17, 15) is 4.79 Å². The molecule has 0 fully saturated rings. The van der Waals surface area contributed by atoms with Crippen LogP contribution in [0.3, 0.4) is 0 Å². The molecule has 5 heteroatoms.